The van der Waals surface area contributed by atoms with E-state index in [1.54, 1.807) is 24.3 Å². The van der Waals surface area contributed by atoms with Crippen molar-refractivity contribution in [1.82, 2.24) is 10.9 Å². The first-order chi connectivity index (χ1) is 13.0. The number of allylic oxidation sites excluding steroid dienone is 2. The molecule has 2 amide bonds. The van der Waals surface area contributed by atoms with Gasteiger partial charge in [-0.1, -0.05) is 25.5 Å². The maximum absolute atomic E-state index is 12.4. The molecule has 0 saturated heterocycles. The maximum atomic E-state index is 12.4. The third-order valence-corrected chi connectivity index (χ3v) is 5.22. The number of carbonyl (C=O) groups excluding carboxylic acids is 3. The number of amides is 2. The summed E-state index contributed by atoms with van der Waals surface area (Å²) in [4.78, 5) is 36.0. The van der Waals surface area contributed by atoms with Crippen LogP contribution < -0.4 is 20.7 Å². The van der Waals surface area contributed by atoms with Gasteiger partial charge in [0, 0.05) is 17.5 Å². The molecule has 0 spiro atoms. The first-order valence-electron chi connectivity index (χ1n) is 9.23. The molecular formula is C20H23N2O5-. The van der Waals surface area contributed by atoms with Crippen molar-refractivity contribution in [2.75, 3.05) is 6.61 Å². The Balaban J connectivity index is 1.53. The first-order valence-corrected chi connectivity index (χ1v) is 9.23. The van der Waals surface area contributed by atoms with E-state index < -0.39 is 29.6 Å². The number of carboxylic acids is 1. The summed E-state index contributed by atoms with van der Waals surface area (Å²) >= 11 is 0. The van der Waals surface area contributed by atoms with Crippen molar-refractivity contribution in [2.24, 2.45) is 23.7 Å². The van der Waals surface area contributed by atoms with Crippen molar-refractivity contribution in [3.63, 3.8) is 0 Å². The van der Waals surface area contributed by atoms with E-state index in [0.717, 1.165) is 12.8 Å². The molecule has 1 aromatic rings. The summed E-state index contributed by atoms with van der Waals surface area (Å²) in [7, 11) is 0. The van der Waals surface area contributed by atoms with Gasteiger partial charge in [-0.15, -0.1) is 0 Å². The molecule has 2 aliphatic carbocycles. The second kappa shape index (κ2) is 8.24. The average molecular weight is 371 g/mol. The second-order valence-electron chi connectivity index (χ2n) is 6.99. The molecule has 2 N–H and O–H groups in total. The number of hydrazine groups is 1. The Morgan fingerprint density at radius 1 is 1.07 bits per heavy atom. The van der Waals surface area contributed by atoms with Gasteiger partial charge in [0.15, 0.2) is 0 Å². The Morgan fingerprint density at radius 3 is 2.37 bits per heavy atom. The van der Waals surface area contributed by atoms with Gasteiger partial charge >= 0.3 is 0 Å². The van der Waals surface area contributed by atoms with Crippen molar-refractivity contribution in [3.8, 4) is 5.75 Å². The minimum absolute atomic E-state index is 0.130. The average Bonchev–Trinajstić information content (AvgIpc) is 3.28. The predicted molar refractivity (Wildman–Crippen MR) is 95.2 cm³/mol. The lowest BCUT2D eigenvalue weighted by molar-refractivity contribution is -0.313. The van der Waals surface area contributed by atoms with Crippen LogP contribution in [0.1, 0.15) is 36.5 Å². The molecule has 0 aromatic heterocycles. The molecule has 144 valence electrons. The van der Waals surface area contributed by atoms with Gasteiger partial charge in [0.25, 0.3) is 5.91 Å². The summed E-state index contributed by atoms with van der Waals surface area (Å²) in [6.45, 7) is 2.70. The molecule has 3 rings (SSSR count). The Labute approximate surface area is 157 Å². The summed E-state index contributed by atoms with van der Waals surface area (Å²) in [5.41, 5.74) is 5.07. The van der Waals surface area contributed by atoms with Crippen molar-refractivity contribution in [1.29, 1.82) is 0 Å². The van der Waals surface area contributed by atoms with Crippen LogP contribution in [0.2, 0.25) is 0 Å². The van der Waals surface area contributed by atoms with Gasteiger partial charge in [-0.2, -0.15) is 0 Å². The zero-order valence-electron chi connectivity index (χ0n) is 15.1. The fraction of sp³-hybridized carbons (Fsp3) is 0.450. The monoisotopic (exact) mass is 371 g/mol. The smallest absolute Gasteiger partial charge is 0.269 e. The van der Waals surface area contributed by atoms with Crippen LogP contribution in [0.15, 0.2) is 36.4 Å². The van der Waals surface area contributed by atoms with Crippen LogP contribution >= 0.6 is 0 Å². The SMILES string of the molecule is CCCCOc1ccc(C(=O)NNC(=O)[C@H]2[C@@H](C(=O)[O-])[C@H]3C=C[C@@H]2C3)cc1. The first kappa shape index (κ1) is 18.9. The van der Waals surface area contributed by atoms with E-state index >= 15 is 0 Å². The minimum Gasteiger partial charge on any atom is -0.550 e. The lowest BCUT2D eigenvalue weighted by Gasteiger charge is -2.27. The number of ether oxygens (including phenoxy) is 1. The standard InChI is InChI=1S/C20H24N2O5/c1-2-3-10-27-15-8-6-12(7-9-15)18(23)21-22-19(24)16-13-4-5-14(11-13)17(16)20(25)26/h4-9,13-14,16-17H,2-3,10-11H2,1H3,(H,21,23)(H,22,24)(H,25,26)/p-1/t13-,14+,16-,17+/m1/s1. The molecule has 2 bridgehead atoms. The topological polar surface area (TPSA) is 108 Å². The third-order valence-electron chi connectivity index (χ3n) is 5.22. The molecule has 7 nitrogen and oxygen atoms in total. The number of unbranched alkanes of at least 4 members (excludes halogenated alkanes) is 1. The zero-order valence-corrected chi connectivity index (χ0v) is 15.1. The van der Waals surface area contributed by atoms with E-state index in [2.05, 4.69) is 17.8 Å². The van der Waals surface area contributed by atoms with Crippen molar-refractivity contribution in [2.45, 2.75) is 26.2 Å². The van der Waals surface area contributed by atoms with Crippen LogP contribution in [-0.2, 0) is 9.59 Å². The number of hydrogen-bond donors (Lipinski definition) is 2. The Bertz CT molecular complexity index is 743. The van der Waals surface area contributed by atoms with E-state index in [1.807, 2.05) is 12.2 Å². The van der Waals surface area contributed by atoms with Crippen molar-refractivity contribution < 1.29 is 24.2 Å². The van der Waals surface area contributed by atoms with Gasteiger partial charge in [-0.3, -0.25) is 20.4 Å². The van der Waals surface area contributed by atoms with Crippen LogP contribution in [0, 0.1) is 23.7 Å². The molecule has 1 saturated carbocycles. The van der Waals surface area contributed by atoms with Crippen molar-refractivity contribution in [3.05, 3.63) is 42.0 Å². The highest BCUT2D eigenvalue weighted by atomic mass is 16.5. The fourth-order valence-corrected chi connectivity index (χ4v) is 3.81. The minimum atomic E-state index is -1.23. The number of benzene rings is 1. The van der Waals surface area contributed by atoms with Gasteiger partial charge in [0.2, 0.25) is 5.91 Å². The quantitative estimate of drug-likeness (QED) is 0.419. The molecule has 1 aromatic carbocycles. The number of carbonyl (C=O) groups is 3. The molecule has 2 aliphatic rings. The predicted octanol–water partition coefficient (Wildman–Crippen LogP) is 0.815. The summed E-state index contributed by atoms with van der Waals surface area (Å²) < 4.78 is 5.54. The van der Waals surface area contributed by atoms with Gasteiger partial charge in [0.05, 0.1) is 12.5 Å². The lowest BCUT2D eigenvalue weighted by atomic mass is 9.82. The highest BCUT2D eigenvalue weighted by Crippen LogP contribution is 2.47. The van der Waals surface area contributed by atoms with E-state index in [-0.39, 0.29) is 11.8 Å². The summed E-state index contributed by atoms with van der Waals surface area (Å²) in [5.74, 6) is -3.41. The van der Waals surface area contributed by atoms with Crippen LogP contribution in [0.25, 0.3) is 0 Å². The van der Waals surface area contributed by atoms with Crippen LogP contribution in [0.3, 0.4) is 0 Å². The maximum Gasteiger partial charge on any atom is 0.269 e. The number of fused-ring (bicyclic) bond motifs is 2. The van der Waals surface area contributed by atoms with Crippen LogP contribution in [0.5, 0.6) is 5.75 Å². The summed E-state index contributed by atoms with van der Waals surface area (Å²) in [5, 5.41) is 11.4. The number of rotatable bonds is 7. The zero-order chi connectivity index (χ0) is 19.4. The Kier molecular flexibility index (Phi) is 5.78. The number of nitrogens with one attached hydrogen (secondary N) is 2. The van der Waals surface area contributed by atoms with Crippen LogP contribution in [0.4, 0.5) is 0 Å². The molecule has 4 atom stereocenters. The summed E-state index contributed by atoms with van der Waals surface area (Å²) in [6, 6.07) is 6.60. The molecule has 7 heteroatoms. The lowest BCUT2D eigenvalue weighted by Crippen LogP contribution is -2.50. The second-order valence-corrected chi connectivity index (χ2v) is 6.99. The van der Waals surface area contributed by atoms with Crippen molar-refractivity contribution >= 4 is 17.8 Å². The third kappa shape index (κ3) is 4.13. The Morgan fingerprint density at radius 2 is 1.74 bits per heavy atom. The Hall–Kier alpha value is -2.83. The highest BCUT2D eigenvalue weighted by molar-refractivity contribution is 5.96. The number of carboxylic acid groups (broad SMARTS) is 1. The largest absolute Gasteiger partial charge is 0.550 e. The van der Waals surface area contributed by atoms with Gasteiger partial charge in [0.1, 0.15) is 5.75 Å². The van der Waals surface area contributed by atoms with E-state index in [4.69, 9.17) is 4.74 Å². The number of hydrogen-bond acceptors (Lipinski definition) is 5. The van der Waals surface area contributed by atoms with E-state index in [0.29, 0.717) is 24.3 Å². The van der Waals surface area contributed by atoms with E-state index in [9.17, 15) is 19.5 Å². The molecular weight excluding hydrogens is 348 g/mol. The molecule has 1 fully saturated rings. The van der Waals surface area contributed by atoms with Gasteiger partial charge in [-0.25, -0.2) is 0 Å². The fourth-order valence-electron chi connectivity index (χ4n) is 3.81. The molecule has 27 heavy (non-hydrogen) atoms. The molecule has 0 radical (unpaired) electrons. The number of aliphatic carboxylic acids is 1. The molecule has 0 unspecified atom stereocenters. The summed E-state index contributed by atoms with van der Waals surface area (Å²) in [6.07, 6.45) is 6.33. The molecule has 0 heterocycles. The van der Waals surface area contributed by atoms with Gasteiger partial charge < -0.3 is 14.6 Å². The van der Waals surface area contributed by atoms with Gasteiger partial charge in [-0.05, 0) is 48.9 Å². The van der Waals surface area contributed by atoms with Crippen LogP contribution in [-0.4, -0.2) is 24.4 Å². The normalized spacial score (nSPS) is 25.2. The highest BCUT2D eigenvalue weighted by Gasteiger charge is 2.48. The van der Waals surface area contributed by atoms with E-state index in [1.165, 1.54) is 0 Å². The molecule has 0 aliphatic heterocycles.